The number of carbonyl (C=O) groups excluding carboxylic acids is 1. The van der Waals surface area contributed by atoms with Crippen LogP contribution in [0.3, 0.4) is 0 Å². The van der Waals surface area contributed by atoms with E-state index in [1.807, 2.05) is 18.2 Å². The molecule has 2 aliphatic rings. The third-order valence-corrected chi connectivity index (χ3v) is 4.75. The van der Waals surface area contributed by atoms with E-state index in [2.05, 4.69) is 17.4 Å². The van der Waals surface area contributed by atoms with Gasteiger partial charge >= 0.3 is 0 Å². The van der Waals surface area contributed by atoms with Gasteiger partial charge in [0.2, 0.25) is 0 Å². The largest absolute Gasteiger partial charge is 0.298 e. The third kappa shape index (κ3) is 2.46. The number of Topliss-reactive ketones (excluding diaryl/α,β-unsaturated/α-hetero) is 1. The molecule has 3 rings (SSSR count). The van der Waals surface area contributed by atoms with Crippen LogP contribution in [-0.2, 0) is 10.3 Å². The lowest BCUT2D eigenvalue weighted by Crippen LogP contribution is -2.51. The summed E-state index contributed by atoms with van der Waals surface area (Å²) in [6.07, 6.45) is 9.12. The van der Waals surface area contributed by atoms with E-state index >= 15 is 0 Å². The lowest BCUT2D eigenvalue weighted by molar-refractivity contribution is -0.123. The van der Waals surface area contributed by atoms with Gasteiger partial charge in [0, 0.05) is 12.5 Å². The topological polar surface area (TPSA) is 29.1 Å². The van der Waals surface area contributed by atoms with Gasteiger partial charge < -0.3 is 0 Å². The molecule has 1 N–H and O–H groups in total. The fourth-order valence-electron chi connectivity index (χ4n) is 3.73. The summed E-state index contributed by atoms with van der Waals surface area (Å²) < 4.78 is 0. The second-order valence-electron chi connectivity index (χ2n) is 6.03. The van der Waals surface area contributed by atoms with Crippen LogP contribution < -0.4 is 5.32 Å². The van der Waals surface area contributed by atoms with Crippen molar-refractivity contribution in [3.05, 3.63) is 35.9 Å². The van der Waals surface area contributed by atoms with Gasteiger partial charge in [0.15, 0.2) is 5.78 Å². The van der Waals surface area contributed by atoms with Gasteiger partial charge in [-0.3, -0.25) is 10.1 Å². The zero-order valence-corrected chi connectivity index (χ0v) is 11.5. The van der Waals surface area contributed by atoms with Crippen LogP contribution in [0.25, 0.3) is 0 Å². The molecule has 0 radical (unpaired) electrons. The number of hydrogen-bond donors (Lipinski definition) is 1. The number of ketones is 1. The summed E-state index contributed by atoms with van der Waals surface area (Å²) in [5.74, 6) is 0.393. The molecule has 102 valence electrons. The highest BCUT2D eigenvalue weighted by Gasteiger charge is 2.44. The first-order chi connectivity index (χ1) is 9.31. The molecule has 0 amide bonds. The summed E-state index contributed by atoms with van der Waals surface area (Å²) in [6, 6.07) is 10.9. The van der Waals surface area contributed by atoms with Crippen LogP contribution in [0.5, 0.6) is 0 Å². The standard InChI is InChI=1S/C17H23NO/c19-16-12-7-13-17(16,14-8-3-1-4-9-14)18-15-10-5-2-6-11-15/h1,3-4,8-9,15,18H,2,5-7,10-13H2. The molecule has 0 spiro atoms. The van der Waals surface area contributed by atoms with Crippen molar-refractivity contribution in [3.8, 4) is 0 Å². The highest BCUT2D eigenvalue weighted by atomic mass is 16.1. The van der Waals surface area contributed by atoms with E-state index in [9.17, 15) is 4.79 Å². The van der Waals surface area contributed by atoms with Crippen molar-refractivity contribution in [2.75, 3.05) is 0 Å². The molecule has 1 aromatic carbocycles. The smallest absolute Gasteiger partial charge is 0.157 e. The Kier molecular flexibility index (Phi) is 3.69. The molecular weight excluding hydrogens is 234 g/mol. The van der Waals surface area contributed by atoms with Crippen LogP contribution in [0.15, 0.2) is 30.3 Å². The first kappa shape index (κ1) is 12.9. The molecule has 2 nitrogen and oxygen atoms in total. The van der Waals surface area contributed by atoms with Crippen molar-refractivity contribution in [2.24, 2.45) is 0 Å². The van der Waals surface area contributed by atoms with Gasteiger partial charge in [-0.1, -0.05) is 49.6 Å². The molecule has 0 heterocycles. The first-order valence-corrected chi connectivity index (χ1v) is 7.68. The Morgan fingerprint density at radius 2 is 1.74 bits per heavy atom. The molecule has 1 aromatic rings. The SMILES string of the molecule is O=C1CCCC1(NC1CCCCC1)c1ccccc1. The van der Waals surface area contributed by atoms with Gasteiger partial charge in [-0.05, 0) is 31.2 Å². The Labute approximate surface area is 115 Å². The van der Waals surface area contributed by atoms with E-state index in [0.29, 0.717) is 11.8 Å². The minimum atomic E-state index is -0.386. The van der Waals surface area contributed by atoms with E-state index < -0.39 is 0 Å². The van der Waals surface area contributed by atoms with Gasteiger partial charge in [0.25, 0.3) is 0 Å². The highest BCUT2D eigenvalue weighted by Crippen LogP contribution is 2.37. The zero-order valence-electron chi connectivity index (χ0n) is 11.5. The summed E-state index contributed by atoms with van der Waals surface area (Å²) in [6.45, 7) is 0. The van der Waals surface area contributed by atoms with Crippen molar-refractivity contribution in [3.63, 3.8) is 0 Å². The van der Waals surface area contributed by atoms with Crippen molar-refractivity contribution in [1.82, 2.24) is 5.32 Å². The minimum Gasteiger partial charge on any atom is -0.298 e. The summed E-state index contributed by atoms with van der Waals surface area (Å²) in [4.78, 5) is 12.5. The molecule has 2 saturated carbocycles. The van der Waals surface area contributed by atoms with Crippen LogP contribution in [0.4, 0.5) is 0 Å². The van der Waals surface area contributed by atoms with Crippen LogP contribution in [0.1, 0.15) is 56.9 Å². The summed E-state index contributed by atoms with van der Waals surface area (Å²) in [7, 11) is 0. The summed E-state index contributed by atoms with van der Waals surface area (Å²) in [5, 5.41) is 3.75. The molecule has 1 atom stereocenters. The number of rotatable bonds is 3. The molecule has 0 bridgehead atoms. The fraction of sp³-hybridized carbons (Fsp3) is 0.588. The lowest BCUT2D eigenvalue weighted by Gasteiger charge is -2.36. The van der Waals surface area contributed by atoms with Crippen molar-refractivity contribution in [2.45, 2.75) is 62.9 Å². The van der Waals surface area contributed by atoms with Crippen LogP contribution in [0.2, 0.25) is 0 Å². The maximum absolute atomic E-state index is 12.5. The monoisotopic (exact) mass is 257 g/mol. The summed E-state index contributed by atoms with van der Waals surface area (Å²) in [5.41, 5.74) is 0.784. The van der Waals surface area contributed by atoms with Gasteiger partial charge in [-0.15, -0.1) is 0 Å². The molecule has 2 fully saturated rings. The number of carbonyl (C=O) groups is 1. The summed E-state index contributed by atoms with van der Waals surface area (Å²) >= 11 is 0. The maximum Gasteiger partial charge on any atom is 0.157 e. The number of hydrogen-bond acceptors (Lipinski definition) is 2. The normalized spacial score (nSPS) is 28.7. The van der Waals surface area contributed by atoms with Crippen molar-refractivity contribution >= 4 is 5.78 Å². The predicted octanol–water partition coefficient (Wildman–Crippen LogP) is 3.56. The van der Waals surface area contributed by atoms with Crippen LogP contribution in [0, 0.1) is 0 Å². The minimum absolute atomic E-state index is 0.386. The average molecular weight is 257 g/mol. The van der Waals surface area contributed by atoms with Crippen LogP contribution in [-0.4, -0.2) is 11.8 Å². The molecule has 0 aromatic heterocycles. The lowest BCUT2D eigenvalue weighted by atomic mass is 9.84. The van der Waals surface area contributed by atoms with Crippen molar-refractivity contribution < 1.29 is 4.79 Å². The molecule has 2 aliphatic carbocycles. The van der Waals surface area contributed by atoms with Gasteiger partial charge in [0.1, 0.15) is 5.54 Å². The van der Waals surface area contributed by atoms with E-state index in [0.717, 1.165) is 19.3 Å². The number of benzene rings is 1. The first-order valence-electron chi connectivity index (χ1n) is 7.68. The zero-order chi connectivity index (χ0) is 13.1. The predicted molar refractivity (Wildman–Crippen MR) is 77.0 cm³/mol. The Morgan fingerprint density at radius 1 is 1.00 bits per heavy atom. The second-order valence-corrected chi connectivity index (χ2v) is 6.03. The quantitative estimate of drug-likeness (QED) is 0.897. The molecule has 2 heteroatoms. The fourth-order valence-corrected chi connectivity index (χ4v) is 3.73. The van der Waals surface area contributed by atoms with E-state index in [4.69, 9.17) is 0 Å². The Balaban J connectivity index is 1.87. The average Bonchev–Trinajstić information content (AvgIpc) is 2.83. The molecule has 0 aliphatic heterocycles. The Morgan fingerprint density at radius 3 is 2.37 bits per heavy atom. The maximum atomic E-state index is 12.5. The molecule has 1 unspecified atom stereocenters. The third-order valence-electron chi connectivity index (χ3n) is 4.75. The Hall–Kier alpha value is -1.15. The number of nitrogens with one attached hydrogen (secondary N) is 1. The van der Waals surface area contributed by atoms with E-state index in [-0.39, 0.29) is 5.54 Å². The van der Waals surface area contributed by atoms with Crippen molar-refractivity contribution in [1.29, 1.82) is 0 Å². The van der Waals surface area contributed by atoms with Gasteiger partial charge in [-0.25, -0.2) is 0 Å². The molecule has 0 saturated heterocycles. The van der Waals surface area contributed by atoms with E-state index in [1.54, 1.807) is 0 Å². The second kappa shape index (κ2) is 5.46. The molecule has 19 heavy (non-hydrogen) atoms. The molecular formula is C17H23NO. The van der Waals surface area contributed by atoms with Gasteiger partial charge in [0.05, 0.1) is 0 Å². The highest BCUT2D eigenvalue weighted by molar-refractivity contribution is 5.91. The Bertz CT molecular complexity index is 436. The van der Waals surface area contributed by atoms with Crippen LogP contribution >= 0.6 is 0 Å². The van der Waals surface area contributed by atoms with E-state index in [1.165, 1.54) is 37.7 Å². The van der Waals surface area contributed by atoms with Gasteiger partial charge in [-0.2, -0.15) is 0 Å².